The third-order valence-electron chi connectivity index (χ3n) is 4.49. The Labute approximate surface area is 140 Å². The van der Waals surface area contributed by atoms with Gasteiger partial charge in [0.25, 0.3) is 0 Å². The van der Waals surface area contributed by atoms with E-state index in [1.165, 1.54) is 11.8 Å². The fourth-order valence-electron chi connectivity index (χ4n) is 2.98. The van der Waals surface area contributed by atoms with Gasteiger partial charge in [-0.05, 0) is 12.1 Å². The summed E-state index contributed by atoms with van der Waals surface area (Å²) in [4.78, 5) is 27.4. The lowest BCUT2D eigenvalue weighted by Crippen LogP contribution is -2.50. The number of hydrogen-bond acceptors (Lipinski definition) is 3. The molecule has 0 heterocycles. The molecule has 2 aromatic carbocycles. The molecule has 0 atom stereocenters. The summed E-state index contributed by atoms with van der Waals surface area (Å²) in [6, 6.07) is 16.7. The van der Waals surface area contributed by atoms with Crippen LogP contribution in [0.3, 0.4) is 0 Å². The quantitative estimate of drug-likeness (QED) is 0.598. The minimum absolute atomic E-state index is 0.128. The fourth-order valence-corrected chi connectivity index (χ4v) is 4.38. The van der Waals surface area contributed by atoms with Crippen molar-refractivity contribution in [3.8, 4) is 0 Å². The van der Waals surface area contributed by atoms with Gasteiger partial charge >= 0.3 is 0 Å². The predicted molar refractivity (Wildman–Crippen MR) is 94.1 cm³/mol. The molecular weight excluding hydrogens is 304 g/mol. The van der Waals surface area contributed by atoms with Gasteiger partial charge in [-0.3, -0.25) is 9.59 Å². The molecule has 0 saturated heterocycles. The van der Waals surface area contributed by atoms with Gasteiger partial charge in [-0.25, -0.2) is 0 Å². The van der Waals surface area contributed by atoms with Gasteiger partial charge in [0.05, 0.1) is 0 Å². The van der Waals surface area contributed by atoms with E-state index in [2.05, 4.69) is 6.58 Å². The van der Waals surface area contributed by atoms with Crippen LogP contribution in [0, 0.1) is 5.41 Å². The summed E-state index contributed by atoms with van der Waals surface area (Å²) in [5.74, 6) is -0.256. The Morgan fingerprint density at radius 3 is 1.87 bits per heavy atom. The lowest BCUT2D eigenvalue weighted by molar-refractivity contribution is 0.0798. The second kappa shape index (κ2) is 5.50. The number of carbonyl (C=O) groups excluding carboxylic acids is 2. The normalized spacial score (nSPS) is 16.3. The fraction of sp³-hybridized carbons (Fsp3) is 0.200. The van der Waals surface area contributed by atoms with Crippen molar-refractivity contribution in [2.24, 2.45) is 5.41 Å². The molecule has 0 saturated carbocycles. The number of Topliss-reactive ketones (excluding diaryl/α,β-unsaturated/α-hetero) is 2. The molecule has 0 aliphatic heterocycles. The number of thioether (sulfide) groups is 1. The highest BCUT2D eigenvalue weighted by molar-refractivity contribution is 8.02. The molecule has 2 aromatic rings. The van der Waals surface area contributed by atoms with Gasteiger partial charge in [0.2, 0.25) is 0 Å². The average molecular weight is 322 g/mol. The van der Waals surface area contributed by atoms with Crippen LogP contribution in [0.4, 0.5) is 0 Å². The first kappa shape index (κ1) is 15.8. The second-order valence-corrected chi connectivity index (χ2v) is 7.51. The van der Waals surface area contributed by atoms with Crippen LogP contribution >= 0.6 is 11.8 Å². The molecule has 3 rings (SSSR count). The van der Waals surface area contributed by atoms with E-state index in [9.17, 15) is 9.59 Å². The third-order valence-corrected chi connectivity index (χ3v) is 6.20. The van der Waals surface area contributed by atoms with Crippen molar-refractivity contribution in [2.75, 3.05) is 0 Å². The summed E-state index contributed by atoms with van der Waals surface area (Å²) in [7, 11) is 0. The molecule has 23 heavy (non-hydrogen) atoms. The minimum atomic E-state index is -1.21. The van der Waals surface area contributed by atoms with E-state index in [4.69, 9.17) is 0 Å². The van der Waals surface area contributed by atoms with Gasteiger partial charge in [0.1, 0.15) is 0 Å². The minimum Gasteiger partial charge on any atom is -0.292 e. The van der Waals surface area contributed by atoms with E-state index in [1.807, 2.05) is 44.2 Å². The Kier molecular flexibility index (Phi) is 3.77. The van der Waals surface area contributed by atoms with Crippen molar-refractivity contribution >= 4 is 23.3 Å². The zero-order chi connectivity index (χ0) is 16.7. The van der Waals surface area contributed by atoms with Crippen LogP contribution in [0.15, 0.2) is 72.1 Å². The van der Waals surface area contributed by atoms with Crippen molar-refractivity contribution in [1.82, 2.24) is 0 Å². The van der Waals surface area contributed by atoms with Crippen molar-refractivity contribution in [3.05, 3.63) is 78.4 Å². The van der Waals surface area contributed by atoms with Crippen molar-refractivity contribution < 1.29 is 9.59 Å². The smallest absolute Gasteiger partial charge is 0.188 e. The summed E-state index contributed by atoms with van der Waals surface area (Å²) in [6.07, 6.45) is 1.71. The molecule has 3 heteroatoms. The maximum absolute atomic E-state index is 13.2. The topological polar surface area (TPSA) is 34.1 Å². The van der Waals surface area contributed by atoms with Gasteiger partial charge in [-0.15, -0.1) is 18.3 Å². The van der Waals surface area contributed by atoms with Crippen LogP contribution in [0.1, 0.15) is 34.6 Å². The molecule has 0 aromatic heterocycles. The summed E-state index contributed by atoms with van der Waals surface area (Å²) in [6.45, 7) is 7.68. The molecule has 0 amide bonds. The van der Waals surface area contributed by atoms with Gasteiger partial charge in [-0.1, -0.05) is 62.4 Å². The van der Waals surface area contributed by atoms with Crippen LogP contribution < -0.4 is 0 Å². The SMILES string of the molecule is C=CC(C)(C)C1(Sc2ccccc2)C(=O)c2ccccc2C1=O. The molecule has 0 unspecified atom stereocenters. The maximum atomic E-state index is 13.2. The predicted octanol–water partition coefficient (Wildman–Crippen LogP) is 4.81. The Bertz CT molecular complexity index is 755. The van der Waals surface area contributed by atoms with Crippen LogP contribution in [0.25, 0.3) is 0 Å². The Morgan fingerprint density at radius 2 is 1.39 bits per heavy atom. The van der Waals surface area contributed by atoms with E-state index in [1.54, 1.807) is 30.3 Å². The van der Waals surface area contributed by atoms with Crippen molar-refractivity contribution in [2.45, 2.75) is 23.5 Å². The van der Waals surface area contributed by atoms with Crippen LogP contribution in [-0.2, 0) is 0 Å². The van der Waals surface area contributed by atoms with Gasteiger partial charge < -0.3 is 0 Å². The van der Waals surface area contributed by atoms with Gasteiger partial charge in [0.15, 0.2) is 16.3 Å². The summed E-state index contributed by atoms with van der Waals surface area (Å²) < 4.78 is -1.21. The molecular formula is C20H18O2S. The van der Waals surface area contributed by atoms with Crippen molar-refractivity contribution in [1.29, 1.82) is 0 Å². The number of hydrogen-bond donors (Lipinski definition) is 0. The lowest BCUT2D eigenvalue weighted by atomic mass is 9.75. The standard InChI is InChI=1S/C20H18O2S/c1-4-19(2,3)20(23-14-10-6-5-7-11-14)17(21)15-12-8-9-13-16(15)18(20)22/h4-13H,1H2,2-3H3. The number of benzene rings is 2. The largest absolute Gasteiger partial charge is 0.292 e. The molecule has 0 radical (unpaired) electrons. The van der Waals surface area contributed by atoms with E-state index >= 15 is 0 Å². The summed E-state index contributed by atoms with van der Waals surface area (Å²) in [5.41, 5.74) is 0.340. The van der Waals surface area contributed by atoms with E-state index in [-0.39, 0.29) is 11.6 Å². The highest BCUT2D eigenvalue weighted by atomic mass is 32.2. The third kappa shape index (κ3) is 2.19. The molecule has 0 N–H and O–H groups in total. The van der Waals surface area contributed by atoms with Crippen LogP contribution in [-0.4, -0.2) is 16.3 Å². The number of rotatable bonds is 4. The first-order valence-corrected chi connectivity index (χ1v) is 8.32. The van der Waals surface area contributed by atoms with Gasteiger partial charge in [-0.2, -0.15) is 0 Å². The van der Waals surface area contributed by atoms with E-state index in [0.29, 0.717) is 11.1 Å². The van der Waals surface area contributed by atoms with Crippen molar-refractivity contribution in [3.63, 3.8) is 0 Å². The average Bonchev–Trinajstić information content (AvgIpc) is 2.79. The van der Waals surface area contributed by atoms with Gasteiger partial charge in [0, 0.05) is 21.4 Å². The highest BCUT2D eigenvalue weighted by Crippen LogP contribution is 2.53. The lowest BCUT2D eigenvalue weighted by Gasteiger charge is -2.38. The Hall–Kier alpha value is -2.13. The molecule has 0 bridgehead atoms. The Morgan fingerprint density at radius 1 is 0.913 bits per heavy atom. The summed E-state index contributed by atoms with van der Waals surface area (Å²) in [5, 5.41) is 0. The second-order valence-electron chi connectivity index (χ2n) is 6.23. The summed E-state index contributed by atoms with van der Waals surface area (Å²) >= 11 is 1.33. The monoisotopic (exact) mass is 322 g/mol. The highest BCUT2D eigenvalue weighted by Gasteiger charge is 2.61. The van der Waals surface area contributed by atoms with E-state index in [0.717, 1.165) is 4.90 Å². The Balaban J connectivity index is 2.21. The first-order valence-electron chi connectivity index (χ1n) is 7.50. The maximum Gasteiger partial charge on any atom is 0.188 e. The van der Waals surface area contributed by atoms with Crippen LogP contribution in [0.2, 0.25) is 0 Å². The first-order chi connectivity index (χ1) is 10.9. The molecule has 1 aliphatic rings. The van der Waals surface area contributed by atoms with Crippen LogP contribution in [0.5, 0.6) is 0 Å². The molecule has 0 spiro atoms. The number of allylic oxidation sites excluding steroid dienone is 1. The van der Waals surface area contributed by atoms with E-state index < -0.39 is 10.2 Å². The molecule has 2 nitrogen and oxygen atoms in total. The number of ketones is 2. The zero-order valence-electron chi connectivity index (χ0n) is 13.2. The molecule has 1 aliphatic carbocycles. The number of carbonyl (C=O) groups is 2. The molecule has 0 fully saturated rings. The zero-order valence-corrected chi connectivity index (χ0v) is 14.0. The molecule has 116 valence electrons. The number of fused-ring (bicyclic) bond motifs is 1.